The third-order valence-corrected chi connectivity index (χ3v) is 8.05. The second kappa shape index (κ2) is 7.98. The Labute approximate surface area is 188 Å². The van der Waals surface area contributed by atoms with E-state index in [-0.39, 0.29) is 10.8 Å². The highest BCUT2D eigenvalue weighted by Crippen LogP contribution is 2.33. The minimum atomic E-state index is -3.75. The van der Waals surface area contributed by atoms with Crippen LogP contribution in [0.5, 0.6) is 0 Å². The van der Waals surface area contributed by atoms with E-state index >= 15 is 0 Å². The average Bonchev–Trinajstić information content (AvgIpc) is 3.43. The van der Waals surface area contributed by atoms with Crippen molar-refractivity contribution in [1.82, 2.24) is 0 Å². The SMILES string of the molecule is CCN1CCc2ccc(NC(=O)c3cccc(S(=O)(=O)N4CCc5ccccc54)c3)cc21. The first-order valence-corrected chi connectivity index (χ1v) is 12.3. The Bertz CT molecular complexity index is 1300. The third kappa shape index (κ3) is 3.52. The number of amides is 1. The van der Waals surface area contributed by atoms with Crippen LogP contribution in [0.15, 0.2) is 71.6 Å². The number of hydrogen-bond donors (Lipinski definition) is 1. The van der Waals surface area contributed by atoms with Gasteiger partial charge in [-0.1, -0.05) is 30.3 Å². The van der Waals surface area contributed by atoms with Crippen molar-refractivity contribution in [1.29, 1.82) is 0 Å². The third-order valence-electron chi connectivity index (χ3n) is 6.25. The van der Waals surface area contributed by atoms with E-state index in [0.29, 0.717) is 29.9 Å². The second-order valence-corrected chi connectivity index (χ2v) is 9.97. The summed E-state index contributed by atoms with van der Waals surface area (Å²) in [6.45, 7) is 4.43. The maximum Gasteiger partial charge on any atom is 0.264 e. The zero-order valence-electron chi connectivity index (χ0n) is 17.9. The normalized spacial score (nSPS) is 14.9. The molecule has 3 aromatic rings. The van der Waals surface area contributed by atoms with Crippen molar-refractivity contribution >= 4 is 33.0 Å². The minimum absolute atomic E-state index is 0.118. The molecule has 0 saturated heterocycles. The summed E-state index contributed by atoms with van der Waals surface area (Å²) in [6, 6.07) is 19.7. The number of anilines is 3. The fourth-order valence-electron chi connectivity index (χ4n) is 4.54. The summed E-state index contributed by atoms with van der Waals surface area (Å²) >= 11 is 0. The molecule has 0 atom stereocenters. The molecule has 5 rings (SSSR count). The van der Waals surface area contributed by atoms with Crippen LogP contribution >= 0.6 is 0 Å². The first-order chi connectivity index (χ1) is 15.5. The number of likely N-dealkylation sites (N-methyl/N-ethyl adjacent to an activating group) is 1. The molecule has 1 amide bonds. The van der Waals surface area contributed by atoms with E-state index in [2.05, 4.69) is 17.1 Å². The summed E-state index contributed by atoms with van der Waals surface area (Å²) in [5, 5.41) is 2.92. The fourth-order valence-corrected chi connectivity index (χ4v) is 6.09. The van der Waals surface area contributed by atoms with E-state index in [1.54, 1.807) is 18.2 Å². The number of para-hydroxylation sites is 1. The summed E-state index contributed by atoms with van der Waals surface area (Å²) in [5.41, 5.74) is 5.17. The zero-order valence-corrected chi connectivity index (χ0v) is 18.7. The van der Waals surface area contributed by atoms with E-state index in [0.717, 1.165) is 30.8 Å². The highest BCUT2D eigenvalue weighted by atomic mass is 32.2. The molecule has 0 saturated carbocycles. The van der Waals surface area contributed by atoms with Gasteiger partial charge in [-0.25, -0.2) is 8.42 Å². The molecular weight excluding hydrogens is 422 g/mol. The van der Waals surface area contributed by atoms with Crippen LogP contribution in [0.2, 0.25) is 0 Å². The number of nitrogens with one attached hydrogen (secondary N) is 1. The van der Waals surface area contributed by atoms with Gasteiger partial charge in [0.05, 0.1) is 10.6 Å². The Morgan fingerprint density at radius 3 is 2.53 bits per heavy atom. The van der Waals surface area contributed by atoms with Crippen molar-refractivity contribution in [3.8, 4) is 0 Å². The number of benzene rings is 3. The van der Waals surface area contributed by atoms with Crippen LogP contribution in [-0.2, 0) is 22.9 Å². The molecule has 6 nitrogen and oxygen atoms in total. The molecule has 0 radical (unpaired) electrons. The minimum Gasteiger partial charge on any atom is -0.371 e. The molecule has 2 aliphatic rings. The number of nitrogens with zero attached hydrogens (tertiary/aromatic N) is 2. The number of carbonyl (C=O) groups is 1. The molecule has 0 bridgehead atoms. The van der Waals surface area contributed by atoms with Crippen LogP contribution in [0.1, 0.15) is 28.4 Å². The molecule has 2 heterocycles. The standard InChI is InChI=1S/C25H25N3O3S/c1-2-27-14-12-19-10-11-21(17-24(19)27)26-25(29)20-7-5-8-22(16-20)32(30,31)28-15-13-18-6-3-4-9-23(18)28/h3-11,16-17H,2,12-15H2,1H3,(H,26,29). The highest BCUT2D eigenvalue weighted by molar-refractivity contribution is 7.92. The van der Waals surface area contributed by atoms with Gasteiger partial charge >= 0.3 is 0 Å². The number of fused-ring (bicyclic) bond motifs is 2. The maximum atomic E-state index is 13.3. The van der Waals surface area contributed by atoms with Crippen molar-refractivity contribution < 1.29 is 13.2 Å². The van der Waals surface area contributed by atoms with Gasteiger partial charge in [-0.2, -0.15) is 0 Å². The van der Waals surface area contributed by atoms with Crippen molar-refractivity contribution in [3.63, 3.8) is 0 Å². The topological polar surface area (TPSA) is 69.7 Å². The zero-order chi connectivity index (χ0) is 22.3. The molecule has 164 valence electrons. The van der Waals surface area contributed by atoms with Crippen LogP contribution in [0.4, 0.5) is 17.1 Å². The number of carbonyl (C=O) groups excluding carboxylic acids is 1. The maximum absolute atomic E-state index is 13.3. The van der Waals surface area contributed by atoms with Gasteiger partial charge < -0.3 is 10.2 Å². The number of sulfonamides is 1. The summed E-state index contributed by atoms with van der Waals surface area (Å²) in [7, 11) is -3.75. The lowest BCUT2D eigenvalue weighted by Crippen LogP contribution is -2.29. The molecule has 2 aliphatic heterocycles. The van der Waals surface area contributed by atoms with E-state index in [9.17, 15) is 13.2 Å². The molecular formula is C25H25N3O3S. The lowest BCUT2D eigenvalue weighted by atomic mass is 10.1. The van der Waals surface area contributed by atoms with E-state index in [1.807, 2.05) is 42.5 Å². The first-order valence-electron chi connectivity index (χ1n) is 10.9. The monoisotopic (exact) mass is 447 g/mol. The molecule has 1 N–H and O–H groups in total. The Balaban J connectivity index is 1.39. The van der Waals surface area contributed by atoms with Crippen molar-refractivity contribution in [2.75, 3.05) is 34.2 Å². The van der Waals surface area contributed by atoms with Gasteiger partial charge in [-0.3, -0.25) is 9.10 Å². The molecule has 0 aromatic heterocycles. The largest absolute Gasteiger partial charge is 0.371 e. The number of rotatable bonds is 5. The van der Waals surface area contributed by atoms with Crippen LogP contribution in [0.25, 0.3) is 0 Å². The van der Waals surface area contributed by atoms with E-state index in [1.165, 1.54) is 15.9 Å². The Kier molecular flexibility index (Phi) is 5.13. The van der Waals surface area contributed by atoms with Crippen molar-refractivity contribution in [3.05, 3.63) is 83.4 Å². The molecule has 32 heavy (non-hydrogen) atoms. The van der Waals surface area contributed by atoms with Gasteiger partial charge in [0.1, 0.15) is 0 Å². The molecule has 7 heteroatoms. The predicted molar refractivity (Wildman–Crippen MR) is 127 cm³/mol. The molecule has 0 aliphatic carbocycles. The number of hydrogen-bond acceptors (Lipinski definition) is 4. The van der Waals surface area contributed by atoms with Gasteiger partial charge in [0.15, 0.2) is 0 Å². The van der Waals surface area contributed by atoms with Crippen LogP contribution in [0.3, 0.4) is 0 Å². The average molecular weight is 448 g/mol. The summed E-state index contributed by atoms with van der Waals surface area (Å²) in [4.78, 5) is 15.3. The highest BCUT2D eigenvalue weighted by Gasteiger charge is 2.31. The molecule has 0 unspecified atom stereocenters. The van der Waals surface area contributed by atoms with Crippen molar-refractivity contribution in [2.45, 2.75) is 24.7 Å². The lowest BCUT2D eigenvalue weighted by molar-refractivity contribution is 0.102. The van der Waals surface area contributed by atoms with E-state index < -0.39 is 10.0 Å². The molecule has 0 spiro atoms. The van der Waals surface area contributed by atoms with Crippen LogP contribution in [-0.4, -0.2) is 34.0 Å². The fraction of sp³-hybridized carbons (Fsp3) is 0.240. The molecule has 0 fully saturated rings. The van der Waals surface area contributed by atoms with Gasteiger partial charge in [0, 0.05) is 36.6 Å². The van der Waals surface area contributed by atoms with E-state index in [4.69, 9.17) is 0 Å². The lowest BCUT2D eigenvalue weighted by Gasteiger charge is -2.20. The van der Waals surface area contributed by atoms with Gasteiger partial charge in [0.2, 0.25) is 0 Å². The predicted octanol–water partition coefficient (Wildman–Crippen LogP) is 4.07. The van der Waals surface area contributed by atoms with Gasteiger partial charge in [0.25, 0.3) is 15.9 Å². The Morgan fingerprint density at radius 1 is 0.906 bits per heavy atom. The second-order valence-electron chi connectivity index (χ2n) is 8.11. The summed E-state index contributed by atoms with van der Waals surface area (Å²) in [6.07, 6.45) is 1.69. The summed E-state index contributed by atoms with van der Waals surface area (Å²) < 4.78 is 28.1. The quantitative estimate of drug-likeness (QED) is 0.640. The van der Waals surface area contributed by atoms with Gasteiger partial charge in [-0.05, 0) is 67.3 Å². The Hall–Kier alpha value is -3.32. The Morgan fingerprint density at radius 2 is 1.69 bits per heavy atom. The summed E-state index contributed by atoms with van der Waals surface area (Å²) in [5.74, 6) is -0.329. The van der Waals surface area contributed by atoms with Crippen molar-refractivity contribution in [2.24, 2.45) is 0 Å². The van der Waals surface area contributed by atoms with Gasteiger partial charge in [-0.15, -0.1) is 0 Å². The van der Waals surface area contributed by atoms with Crippen LogP contribution in [0, 0.1) is 0 Å². The molecule has 3 aromatic carbocycles. The van der Waals surface area contributed by atoms with Crippen LogP contribution < -0.4 is 14.5 Å². The smallest absolute Gasteiger partial charge is 0.264 e. The first kappa shape index (κ1) is 20.6.